The fraction of sp³-hybridized carbons (Fsp3) is 0.304. The molecule has 13 heteroatoms. The molecule has 1 aromatic carbocycles. The number of amides is 1. The number of aliphatic hydroxyl groups excluding tert-OH is 1. The van der Waals surface area contributed by atoms with Crippen LogP contribution in [-0.2, 0) is 17.5 Å². The lowest BCUT2D eigenvalue weighted by Crippen LogP contribution is -2.62. The average molecular weight is 506 g/mol. The highest BCUT2D eigenvalue weighted by Gasteiger charge is 2.43. The van der Waals surface area contributed by atoms with Crippen LogP contribution in [0.25, 0.3) is 0 Å². The number of halogens is 4. The summed E-state index contributed by atoms with van der Waals surface area (Å²) < 4.78 is 58.5. The van der Waals surface area contributed by atoms with Crippen LogP contribution in [0.1, 0.15) is 28.0 Å². The molecule has 2 atom stereocenters. The summed E-state index contributed by atoms with van der Waals surface area (Å²) in [5.74, 6) is -1.28. The molecule has 9 nitrogen and oxygen atoms in total. The van der Waals surface area contributed by atoms with Crippen molar-refractivity contribution >= 4 is 17.3 Å². The number of rotatable bonds is 8. The van der Waals surface area contributed by atoms with E-state index in [2.05, 4.69) is 30.9 Å². The highest BCUT2D eigenvalue weighted by atomic mass is 19.4. The van der Waals surface area contributed by atoms with E-state index >= 15 is 0 Å². The molecule has 0 bridgehead atoms. The number of hydrogen-bond donors (Lipinski definition) is 4. The Bertz CT molecular complexity index is 1190. The van der Waals surface area contributed by atoms with Gasteiger partial charge < -0.3 is 20.5 Å². The highest BCUT2D eigenvalue weighted by Crippen LogP contribution is 2.36. The van der Waals surface area contributed by atoms with Gasteiger partial charge in [0.2, 0.25) is 0 Å². The molecule has 0 aliphatic carbocycles. The van der Waals surface area contributed by atoms with E-state index in [9.17, 15) is 27.5 Å². The van der Waals surface area contributed by atoms with Gasteiger partial charge in [-0.1, -0.05) is 0 Å². The first-order valence-electron chi connectivity index (χ1n) is 10.8. The molecule has 0 radical (unpaired) electrons. The van der Waals surface area contributed by atoms with Gasteiger partial charge in [0.15, 0.2) is 0 Å². The molecule has 4 rings (SSSR count). The Morgan fingerprint density at radius 2 is 1.94 bits per heavy atom. The van der Waals surface area contributed by atoms with Gasteiger partial charge in [-0.05, 0) is 36.8 Å². The Kier molecular flexibility index (Phi) is 7.43. The number of anilines is 2. The predicted octanol–water partition coefficient (Wildman–Crippen LogP) is 2.77. The van der Waals surface area contributed by atoms with Crippen molar-refractivity contribution in [1.82, 2.24) is 25.6 Å². The third kappa shape index (κ3) is 5.93. The summed E-state index contributed by atoms with van der Waals surface area (Å²) in [5.41, 5.74) is -1.63. The van der Waals surface area contributed by atoms with Crippen molar-refractivity contribution in [1.29, 1.82) is 0 Å². The number of benzene rings is 1. The number of hydrogen-bond acceptors (Lipinski definition) is 8. The van der Waals surface area contributed by atoms with Crippen LogP contribution in [0.2, 0.25) is 0 Å². The maximum Gasteiger partial charge on any atom is 0.418 e. The number of ether oxygens (including phenoxy) is 1. The second-order valence-electron chi connectivity index (χ2n) is 8.17. The molecule has 4 N–H and O–H groups in total. The van der Waals surface area contributed by atoms with Crippen LogP contribution in [0.4, 0.5) is 28.9 Å². The Balaban J connectivity index is 1.39. The predicted molar refractivity (Wildman–Crippen MR) is 119 cm³/mol. The molecule has 1 saturated heterocycles. The summed E-state index contributed by atoms with van der Waals surface area (Å²) >= 11 is 0. The summed E-state index contributed by atoms with van der Waals surface area (Å²) in [6, 6.07) is 5.18. The van der Waals surface area contributed by atoms with Gasteiger partial charge in [-0.25, -0.2) is 14.4 Å². The van der Waals surface area contributed by atoms with Gasteiger partial charge >= 0.3 is 6.18 Å². The van der Waals surface area contributed by atoms with E-state index < -0.39 is 40.9 Å². The molecule has 1 aliphatic heterocycles. The lowest BCUT2D eigenvalue weighted by Gasteiger charge is -2.34. The Morgan fingerprint density at radius 3 is 2.58 bits per heavy atom. The van der Waals surface area contributed by atoms with E-state index in [1.165, 1.54) is 37.1 Å². The fourth-order valence-electron chi connectivity index (χ4n) is 3.70. The van der Waals surface area contributed by atoms with Gasteiger partial charge in [0.25, 0.3) is 5.91 Å². The summed E-state index contributed by atoms with van der Waals surface area (Å²) in [7, 11) is 0. The molecule has 3 heterocycles. The lowest BCUT2D eigenvalue weighted by atomic mass is 9.95. The van der Waals surface area contributed by atoms with Gasteiger partial charge in [0, 0.05) is 25.5 Å². The quantitative estimate of drug-likeness (QED) is 0.272. The first kappa shape index (κ1) is 25.4. The zero-order chi connectivity index (χ0) is 25.8. The fourth-order valence-corrected chi connectivity index (χ4v) is 3.70. The van der Waals surface area contributed by atoms with E-state index in [1.807, 2.05) is 0 Å². The zero-order valence-corrected chi connectivity index (χ0v) is 18.7. The van der Waals surface area contributed by atoms with Crippen LogP contribution in [-0.4, -0.2) is 50.9 Å². The third-order valence-corrected chi connectivity index (χ3v) is 5.63. The number of carbonyl (C=O) groups excluding carboxylic acids is 1. The van der Waals surface area contributed by atoms with Gasteiger partial charge in [-0.2, -0.15) is 13.2 Å². The van der Waals surface area contributed by atoms with Crippen LogP contribution in [0.15, 0.2) is 55.2 Å². The van der Waals surface area contributed by atoms with Crippen LogP contribution in [0.3, 0.4) is 0 Å². The van der Waals surface area contributed by atoms with Crippen molar-refractivity contribution < 1.29 is 32.2 Å². The molecular weight excluding hydrogens is 484 g/mol. The van der Waals surface area contributed by atoms with E-state index in [-0.39, 0.29) is 24.4 Å². The van der Waals surface area contributed by atoms with Gasteiger partial charge in [-0.15, -0.1) is 0 Å². The second-order valence-corrected chi connectivity index (χ2v) is 8.17. The smallest absolute Gasteiger partial charge is 0.379 e. The normalized spacial score (nSPS) is 18.6. The summed E-state index contributed by atoms with van der Waals surface area (Å²) in [5, 5.41) is 19.0. The van der Waals surface area contributed by atoms with E-state index in [0.717, 1.165) is 12.1 Å². The number of carbonyl (C=O) groups is 1. The first-order valence-corrected chi connectivity index (χ1v) is 10.8. The second kappa shape index (κ2) is 10.5. The molecule has 190 valence electrons. The van der Waals surface area contributed by atoms with Crippen molar-refractivity contribution in [3.8, 4) is 0 Å². The van der Waals surface area contributed by atoms with Gasteiger partial charge in [0.05, 0.1) is 41.0 Å². The van der Waals surface area contributed by atoms with Crippen LogP contribution < -0.4 is 16.0 Å². The molecule has 0 saturated carbocycles. The summed E-state index contributed by atoms with van der Waals surface area (Å²) in [4.78, 5) is 24.4. The largest absolute Gasteiger partial charge is 0.418 e. The molecule has 36 heavy (non-hydrogen) atoms. The van der Waals surface area contributed by atoms with Gasteiger partial charge in [-0.3, -0.25) is 15.1 Å². The lowest BCUT2D eigenvalue weighted by molar-refractivity contribution is -0.136. The van der Waals surface area contributed by atoms with Crippen molar-refractivity contribution in [2.75, 3.05) is 18.5 Å². The monoisotopic (exact) mass is 506 g/mol. The molecule has 3 aromatic rings. The highest BCUT2D eigenvalue weighted by molar-refractivity contribution is 5.94. The van der Waals surface area contributed by atoms with Crippen LogP contribution in [0.5, 0.6) is 0 Å². The minimum absolute atomic E-state index is 0.0755. The van der Waals surface area contributed by atoms with Crippen molar-refractivity contribution in [2.45, 2.75) is 30.9 Å². The zero-order valence-electron chi connectivity index (χ0n) is 18.7. The molecule has 1 aliphatic rings. The van der Waals surface area contributed by atoms with Crippen molar-refractivity contribution in [3.63, 3.8) is 0 Å². The van der Waals surface area contributed by atoms with Crippen molar-refractivity contribution in [3.05, 3.63) is 77.9 Å². The van der Waals surface area contributed by atoms with E-state index in [4.69, 9.17) is 4.74 Å². The molecule has 1 fully saturated rings. The number of pyridine rings is 1. The molecule has 1 amide bonds. The van der Waals surface area contributed by atoms with Crippen LogP contribution in [0, 0.1) is 5.82 Å². The Morgan fingerprint density at radius 1 is 1.17 bits per heavy atom. The maximum atomic E-state index is 13.5. The molecule has 0 spiro atoms. The molecule has 2 aromatic heterocycles. The first-order chi connectivity index (χ1) is 17.2. The Hall–Kier alpha value is -3.68. The number of aromatic nitrogens is 3. The van der Waals surface area contributed by atoms with E-state index in [0.29, 0.717) is 24.8 Å². The number of alkyl halides is 3. The molecular formula is C23H22F4N6O3. The summed E-state index contributed by atoms with van der Waals surface area (Å²) in [6.45, 7) is 0.496. The van der Waals surface area contributed by atoms with Gasteiger partial charge in [0.1, 0.15) is 23.9 Å². The third-order valence-electron chi connectivity index (χ3n) is 5.63. The van der Waals surface area contributed by atoms with Crippen molar-refractivity contribution in [2.24, 2.45) is 0 Å². The number of aliphatic hydroxyl groups is 1. The summed E-state index contributed by atoms with van der Waals surface area (Å²) in [6.07, 6.45) is -0.213. The number of nitrogens with one attached hydrogen (secondary N) is 3. The standard InChI is InChI=1S/C23H22F4N6O3/c24-15-1-4-18(23(25,26)27)19(7-15)32-17-3-2-16(30-11-17)10-31-21(35)22(5-6-36-12-22)33-20(34)14-8-28-13-29-9-14/h1-4,7-9,11,13,21,31-32,35H,5-6,10,12H2,(H,33,34)/t21?,22-/m0/s1. The topological polar surface area (TPSA) is 121 Å². The Labute approximate surface area is 202 Å². The van der Waals surface area contributed by atoms with E-state index in [1.54, 1.807) is 0 Å². The maximum absolute atomic E-state index is 13.5. The average Bonchev–Trinajstić information content (AvgIpc) is 3.33. The SMILES string of the molecule is O=C(N[C@@]1(C(O)NCc2ccc(Nc3cc(F)ccc3C(F)(F)F)cn2)CCOC1)c1cncnc1. The minimum Gasteiger partial charge on any atom is -0.379 e. The minimum atomic E-state index is -4.66. The van der Waals surface area contributed by atoms with Crippen LogP contribution >= 0.6 is 0 Å². The molecule has 1 unspecified atom stereocenters. The number of nitrogens with zero attached hydrogens (tertiary/aromatic N) is 3.